The molecular formula is C21H20ClN3O. The molecule has 1 aliphatic carbocycles. The number of nitrogens with zero attached hydrogens (tertiary/aromatic N) is 1. The number of Topliss-reactive ketones (excluding diaryl/α,β-unsaturated/α-hetero) is 1. The van der Waals surface area contributed by atoms with Crippen molar-refractivity contribution in [2.24, 2.45) is 5.41 Å². The van der Waals surface area contributed by atoms with Gasteiger partial charge in [-0.1, -0.05) is 25.4 Å². The predicted octanol–water partition coefficient (Wildman–Crippen LogP) is 5.63. The summed E-state index contributed by atoms with van der Waals surface area (Å²) in [6.45, 7) is 4.26. The number of hydrogen-bond donors (Lipinski definition) is 2. The van der Waals surface area contributed by atoms with Crippen LogP contribution in [0.4, 0.5) is 11.4 Å². The van der Waals surface area contributed by atoms with E-state index in [0.717, 1.165) is 40.3 Å². The SMILES string of the molecule is CC1(C)CC(=O)c2c([nH]c(-c3ccncc3)c2Nc2ccc(Cl)cc2)C1. The summed E-state index contributed by atoms with van der Waals surface area (Å²) in [6, 6.07) is 11.4. The van der Waals surface area contributed by atoms with Crippen molar-refractivity contribution in [1.82, 2.24) is 9.97 Å². The van der Waals surface area contributed by atoms with Crippen LogP contribution in [-0.2, 0) is 6.42 Å². The standard InChI is InChI=1S/C21H20ClN3O/c1-21(2)11-16-18(17(26)12-21)20(24-15-5-3-14(22)4-6-15)19(25-16)13-7-9-23-10-8-13/h3-10,24-25H,11-12H2,1-2H3. The second-order valence-corrected chi connectivity index (χ2v) is 7.97. The summed E-state index contributed by atoms with van der Waals surface area (Å²) in [5.74, 6) is 0.171. The Hall–Kier alpha value is -2.59. The van der Waals surface area contributed by atoms with E-state index in [-0.39, 0.29) is 11.2 Å². The summed E-state index contributed by atoms with van der Waals surface area (Å²) in [7, 11) is 0. The monoisotopic (exact) mass is 365 g/mol. The number of benzene rings is 1. The van der Waals surface area contributed by atoms with Crippen LogP contribution in [0.25, 0.3) is 11.3 Å². The lowest BCUT2D eigenvalue weighted by Crippen LogP contribution is -2.26. The summed E-state index contributed by atoms with van der Waals surface area (Å²) >= 11 is 6.00. The summed E-state index contributed by atoms with van der Waals surface area (Å²) in [6.07, 6.45) is 4.90. The second-order valence-electron chi connectivity index (χ2n) is 7.54. The fourth-order valence-electron chi connectivity index (χ4n) is 3.59. The van der Waals surface area contributed by atoms with E-state index in [4.69, 9.17) is 11.6 Å². The molecule has 4 nitrogen and oxygen atoms in total. The number of carbonyl (C=O) groups is 1. The van der Waals surface area contributed by atoms with E-state index in [2.05, 4.69) is 29.1 Å². The number of halogens is 1. The molecule has 2 N–H and O–H groups in total. The van der Waals surface area contributed by atoms with E-state index in [1.54, 1.807) is 12.4 Å². The van der Waals surface area contributed by atoms with Crippen molar-refractivity contribution < 1.29 is 4.79 Å². The largest absolute Gasteiger partial charge is 0.356 e. The number of aromatic amines is 1. The highest BCUT2D eigenvalue weighted by Crippen LogP contribution is 2.43. The molecule has 5 heteroatoms. The Bertz CT molecular complexity index is 959. The maximum Gasteiger partial charge on any atom is 0.167 e. The Kier molecular flexibility index (Phi) is 4.08. The molecule has 0 radical (unpaired) electrons. The molecule has 0 saturated carbocycles. The first-order chi connectivity index (χ1) is 12.4. The first-order valence-corrected chi connectivity index (χ1v) is 9.02. The van der Waals surface area contributed by atoms with E-state index in [9.17, 15) is 4.79 Å². The average Bonchev–Trinajstić information content (AvgIpc) is 2.95. The van der Waals surface area contributed by atoms with Crippen LogP contribution in [-0.4, -0.2) is 15.8 Å². The lowest BCUT2D eigenvalue weighted by Gasteiger charge is -2.28. The smallest absolute Gasteiger partial charge is 0.167 e. The highest BCUT2D eigenvalue weighted by Gasteiger charge is 2.35. The summed E-state index contributed by atoms with van der Waals surface area (Å²) < 4.78 is 0. The molecule has 0 atom stereocenters. The molecule has 0 amide bonds. The molecule has 132 valence electrons. The Labute approximate surface area is 157 Å². The third-order valence-electron chi connectivity index (χ3n) is 4.73. The number of anilines is 2. The van der Waals surface area contributed by atoms with Crippen molar-refractivity contribution in [3.8, 4) is 11.3 Å². The van der Waals surface area contributed by atoms with E-state index in [0.29, 0.717) is 11.4 Å². The van der Waals surface area contributed by atoms with Gasteiger partial charge >= 0.3 is 0 Å². The number of rotatable bonds is 3. The first kappa shape index (κ1) is 16.9. The van der Waals surface area contributed by atoms with E-state index in [1.165, 1.54) is 0 Å². The number of fused-ring (bicyclic) bond motifs is 1. The molecule has 0 fully saturated rings. The van der Waals surface area contributed by atoms with Gasteiger partial charge in [0, 0.05) is 40.8 Å². The van der Waals surface area contributed by atoms with Crippen LogP contribution >= 0.6 is 11.6 Å². The molecule has 3 aromatic rings. The maximum absolute atomic E-state index is 12.9. The van der Waals surface area contributed by atoms with Gasteiger partial charge in [0.2, 0.25) is 0 Å². The minimum atomic E-state index is -0.0397. The van der Waals surface area contributed by atoms with Crippen molar-refractivity contribution in [1.29, 1.82) is 0 Å². The normalized spacial score (nSPS) is 15.6. The summed E-state index contributed by atoms with van der Waals surface area (Å²) in [4.78, 5) is 20.5. The van der Waals surface area contributed by atoms with E-state index in [1.807, 2.05) is 36.4 Å². The van der Waals surface area contributed by atoms with E-state index >= 15 is 0 Å². The maximum atomic E-state index is 12.9. The number of ketones is 1. The number of H-pyrrole nitrogens is 1. The van der Waals surface area contributed by atoms with Crippen molar-refractivity contribution >= 4 is 28.8 Å². The Balaban J connectivity index is 1.86. The van der Waals surface area contributed by atoms with Gasteiger partial charge in [-0.3, -0.25) is 9.78 Å². The second kappa shape index (κ2) is 6.29. The van der Waals surface area contributed by atoms with Crippen LogP contribution in [0, 0.1) is 5.41 Å². The molecule has 0 spiro atoms. The van der Waals surface area contributed by atoms with Gasteiger partial charge < -0.3 is 10.3 Å². The van der Waals surface area contributed by atoms with Crippen LogP contribution in [0.3, 0.4) is 0 Å². The topological polar surface area (TPSA) is 57.8 Å². The molecule has 1 aromatic carbocycles. The molecule has 2 aromatic heterocycles. The zero-order valence-corrected chi connectivity index (χ0v) is 15.5. The fourth-order valence-corrected chi connectivity index (χ4v) is 3.72. The molecule has 2 heterocycles. The number of carbonyl (C=O) groups excluding carboxylic acids is 1. The molecule has 0 saturated heterocycles. The third kappa shape index (κ3) is 3.13. The minimum Gasteiger partial charge on any atom is -0.356 e. The Morgan fingerprint density at radius 2 is 1.77 bits per heavy atom. The first-order valence-electron chi connectivity index (χ1n) is 8.64. The van der Waals surface area contributed by atoms with Gasteiger partial charge in [-0.15, -0.1) is 0 Å². The number of hydrogen-bond acceptors (Lipinski definition) is 3. The Morgan fingerprint density at radius 1 is 1.08 bits per heavy atom. The zero-order valence-electron chi connectivity index (χ0n) is 14.8. The summed E-state index contributed by atoms with van der Waals surface area (Å²) in [5, 5.41) is 4.11. The highest BCUT2D eigenvalue weighted by molar-refractivity contribution is 6.30. The van der Waals surface area contributed by atoms with Crippen LogP contribution in [0.5, 0.6) is 0 Å². The average molecular weight is 366 g/mol. The van der Waals surface area contributed by atoms with Crippen molar-refractivity contribution in [3.05, 3.63) is 65.1 Å². The molecular weight excluding hydrogens is 346 g/mol. The van der Waals surface area contributed by atoms with Crippen LogP contribution < -0.4 is 5.32 Å². The van der Waals surface area contributed by atoms with Crippen LogP contribution in [0.1, 0.15) is 36.3 Å². The quantitative estimate of drug-likeness (QED) is 0.632. The lowest BCUT2D eigenvalue weighted by atomic mass is 9.76. The molecule has 26 heavy (non-hydrogen) atoms. The van der Waals surface area contributed by atoms with Gasteiger partial charge in [0.1, 0.15) is 0 Å². The summed E-state index contributed by atoms with van der Waals surface area (Å²) in [5.41, 5.74) is 5.36. The van der Waals surface area contributed by atoms with Crippen molar-refractivity contribution in [3.63, 3.8) is 0 Å². The van der Waals surface area contributed by atoms with Gasteiger partial charge in [0.25, 0.3) is 0 Å². The molecule has 1 aliphatic rings. The number of pyridine rings is 1. The number of aromatic nitrogens is 2. The van der Waals surface area contributed by atoms with Gasteiger partial charge in [-0.25, -0.2) is 0 Å². The highest BCUT2D eigenvalue weighted by atomic mass is 35.5. The van der Waals surface area contributed by atoms with Gasteiger partial charge in [-0.2, -0.15) is 0 Å². The molecule has 0 unspecified atom stereocenters. The van der Waals surface area contributed by atoms with Gasteiger partial charge in [0.05, 0.1) is 16.9 Å². The van der Waals surface area contributed by atoms with Crippen LogP contribution in [0.15, 0.2) is 48.8 Å². The molecule has 0 aliphatic heterocycles. The fraction of sp³-hybridized carbons (Fsp3) is 0.238. The Morgan fingerprint density at radius 3 is 2.46 bits per heavy atom. The lowest BCUT2D eigenvalue weighted by molar-refractivity contribution is 0.0912. The van der Waals surface area contributed by atoms with Gasteiger partial charge in [-0.05, 0) is 48.2 Å². The third-order valence-corrected chi connectivity index (χ3v) is 4.99. The zero-order chi connectivity index (χ0) is 18.3. The van der Waals surface area contributed by atoms with Crippen LogP contribution in [0.2, 0.25) is 5.02 Å². The number of nitrogens with one attached hydrogen (secondary N) is 2. The molecule has 4 rings (SSSR count). The van der Waals surface area contributed by atoms with Crippen molar-refractivity contribution in [2.75, 3.05) is 5.32 Å². The van der Waals surface area contributed by atoms with Crippen molar-refractivity contribution in [2.45, 2.75) is 26.7 Å². The van der Waals surface area contributed by atoms with Gasteiger partial charge in [0.15, 0.2) is 5.78 Å². The minimum absolute atomic E-state index is 0.0397. The predicted molar refractivity (Wildman–Crippen MR) is 105 cm³/mol. The van der Waals surface area contributed by atoms with E-state index < -0.39 is 0 Å². The molecule has 0 bridgehead atoms.